The van der Waals surface area contributed by atoms with E-state index in [0.717, 1.165) is 11.8 Å². The molecule has 0 aliphatic heterocycles. The number of rotatable bonds is 8. The van der Waals surface area contributed by atoms with E-state index in [1.807, 2.05) is 48.5 Å². The van der Waals surface area contributed by atoms with Gasteiger partial charge in [-0.15, -0.1) is 0 Å². The Morgan fingerprint density at radius 2 is 1.45 bits per heavy atom. The molecule has 1 N–H and O–H groups in total. The third-order valence-electron chi connectivity index (χ3n) is 4.32. The molecule has 0 aromatic heterocycles. The third-order valence-corrected chi connectivity index (χ3v) is 4.91. The summed E-state index contributed by atoms with van der Waals surface area (Å²) in [6, 6.07) is 24.6. The number of benzene rings is 3. The molecule has 7 nitrogen and oxygen atoms in total. The Bertz CT molecular complexity index is 1150. The lowest BCUT2D eigenvalue weighted by molar-refractivity contribution is -0.121. The molecular formula is C23H22N2O5S. The minimum atomic E-state index is -3.58. The summed E-state index contributed by atoms with van der Waals surface area (Å²) in [6.45, 7) is -0.179. The van der Waals surface area contributed by atoms with Crippen molar-refractivity contribution in [3.63, 3.8) is 0 Å². The number of hydrogen-bond acceptors (Lipinski definition) is 5. The highest BCUT2D eigenvalue weighted by molar-refractivity contribution is 7.92. The Labute approximate surface area is 181 Å². The van der Waals surface area contributed by atoms with Gasteiger partial charge < -0.3 is 9.64 Å². The molecule has 0 unspecified atom stereocenters. The van der Waals surface area contributed by atoms with Crippen LogP contribution in [0.5, 0.6) is 0 Å². The normalized spacial score (nSPS) is 10.9. The molecule has 0 radical (unpaired) electrons. The van der Waals surface area contributed by atoms with Crippen LogP contribution in [0.15, 0.2) is 84.9 Å². The Morgan fingerprint density at radius 3 is 2.10 bits per heavy atom. The predicted octanol–water partition coefficient (Wildman–Crippen LogP) is 3.45. The molecule has 0 heterocycles. The number of carbonyl (C=O) groups is 2. The van der Waals surface area contributed by atoms with Crippen LogP contribution in [0.4, 0.5) is 11.4 Å². The molecule has 3 aromatic rings. The monoisotopic (exact) mass is 438 g/mol. The third kappa shape index (κ3) is 6.42. The Kier molecular flexibility index (Phi) is 7.04. The first-order valence-electron chi connectivity index (χ1n) is 9.47. The first kappa shape index (κ1) is 22.0. The second kappa shape index (κ2) is 9.90. The van der Waals surface area contributed by atoms with Gasteiger partial charge in [0.1, 0.15) is 0 Å². The molecule has 160 valence electrons. The molecule has 0 spiro atoms. The van der Waals surface area contributed by atoms with Gasteiger partial charge >= 0.3 is 5.97 Å². The molecule has 0 bridgehead atoms. The van der Waals surface area contributed by atoms with Gasteiger partial charge in [0.25, 0.3) is 5.91 Å². The molecule has 0 aliphatic carbocycles. The molecule has 0 atom stereocenters. The number of para-hydroxylation sites is 2. The van der Waals surface area contributed by atoms with E-state index in [1.165, 1.54) is 17.0 Å². The number of carbonyl (C=O) groups excluding carboxylic acids is 2. The standard InChI is InChI=1S/C23H22N2O5S/c1-31(28,29)24-21-15-9-8-14-20(21)23(27)30-17-22(26)25(19-12-6-3-7-13-19)16-18-10-4-2-5-11-18/h2-15,24H,16-17H2,1H3. The highest BCUT2D eigenvalue weighted by atomic mass is 32.2. The van der Waals surface area contributed by atoms with Crippen LogP contribution >= 0.6 is 0 Å². The van der Waals surface area contributed by atoms with E-state index in [0.29, 0.717) is 12.2 Å². The van der Waals surface area contributed by atoms with Gasteiger partial charge in [-0.05, 0) is 29.8 Å². The Morgan fingerprint density at radius 1 is 0.871 bits per heavy atom. The summed E-state index contributed by atoms with van der Waals surface area (Å²) in [7, 11) is -3.58. The second-order valence-electron chi connectivity index (χ2n) is 6.80. The summed E-state index contributed by atoms with van der Waals surface area (Å²) >= 11 is 0. The van der Waals surface area contributed by atoms with Crippen LogP contribution in [0.25, 0.3) is 0 Å². The van der Waals surface area contributed by atoms with E-state index >= 15 is 0 Å². The Balaban J connectivity index is 1.75. The van der Waals surface area contributed by atoms with Crippen LogP contribution in [-0.4, -0.2) is 33.2 Å². The minimum absolute atomic E-state index is 0.0232. The number of nitrogens with one attached hydrogen (secondary N) is 1. The fourth-order valence-corrected chi connectivity index (χ4v) is 3.51. The highest BCUT2D eigenvalue weighted by Crippen LogP contribution is 2.19. The number of anilines is 2. The number of ether oxygens (including phenoxy) is 1. The number of hydrogen-bond donors (Lipinski definition) is 1. The average molecular weight is 439 g/mol. The van der Waals surface area contributed by atoms with E-state index in [4.69, 9.17) is 4.74 Å². The lowest BCUT2D eigenvalue weighted by Crippen LogP contribution is -2.34. The van der Waals surface area contributed by atoms with Crippen LogP contribution in [-0.2, 0) is 26.1 Å². The van der Waals surface area contributed by atoms with Gasteiger partial charge in [-0.3, -0.25) is 9.52 Å². The lowest BCUT2D eigenvalue weighted by atomic mass is 10.2. The van der Waals surface area contributed by atoms with Gasteiger partial charge in [0.15, 0.2) is 6.61 Å². The molecule has 0 aliphatic rings. The molecule has 3 aromatic carbocycles. The van der Waals surface area contributed by atoms with Crippen molar-refractivity contribution in [3.8, 4) is 0 Å². The SMILES string of the molecule is CS(=O)(=O)Nc1ccccc1C(=O)OCC(=O)N(Cc1ccccc1)c1ccccc1. The van der Waals surface area contributed by atoms with Crippen LogP contribution in [0.3, 0.4) is 0 Å². The van der Waals surface area contributed by atoms with Crippen LogP contribution in [0.2, 0.25) is 0 Å². The van der Waals surface area contributed by atoms with Gasteiger partial charge in [0.2, 0.25) is 10.0 Å². The summed E-state index contributed by atoms with van der Waals surface area (Å²) < 4.78 is 30.6. The van der Waals surface area contributed by atoms with Gasteiger partial charge in [0.05, 0.1) is 24.1 Å². The predicted molar refractivity (Wildman–Crippen MR) is 119 cm³/mol. The summed E-state index contributed by atoms with van der Waals surface area (Å²) in [5, 5.41) is 0. The van der Waals surface area contributed by atoms with Gasteiger partial charge in [0, 0.05) is 5.69 Å². The fraction of sp³-hybridized carbons (Fsp3) is 0.130. The molecule has 0 fully saturated rings. The van der Waals surface area contributed by atoms with Crippen molar-refractivity contribution in [1.29, 1.82) is 0 Å². The first-order chi connectivity index (χ1) is 14.8. The topological polar surface area (TPSA) is 92.8 Å². The molecular weight excluding hydrogens is 416 g/mol. The van der Waals surface area contributed by atoms with E-state index in [1.54, 1.807) is 24.3 Å². The van der Waals surface area contributed by atoms with Crippen molar-refractivity contribution in [1.82, 2.24) is 0 Å². The van der Waals surface area contributed by atoms with Crippen molar-refractivity contribution in [2.24, 2.45) is 0 Å². The molecule has 31 heavy (non-hydrogen) atoms. The zero-order valence-corrected chi connectivity index (χ0v) is 17.7. The Hall–Kier alpha value is -3.65. The molecule has 1 amide bonds. The van der Waals surface area contributed by atoms with Crippen molar-refractivity contribution in [3.05, 3.63) is 96.1 Å². The van der Waals surface area contributed by atoms with E-state index in [9.17, 15) is 18.0 Å². The number of esters is 1. The first-order valence-corrected chi connectivity index (χ1v) is 11.4. The zero-order valence-electron chi connectivity index (χ0n) is 16.9. The molecule has 0 saturated carbocycles. The van der Waals surface area contributed by atoms with Crippen molar-refractivity contribution in [2.45, 2.75) is 6.54 Å². The van der Waals surface area contributed by atoms with Crippen LogP contribution < -0.4 is 9.62 Å². The van der Waals surface area contributed by atoms with Crippen LogP contribution in [0.1, 0.15) is 15.9 Å². The molecule has 3 rings (SSSR count). The zero-order chi connectivity index (χ0) is 22.3. The second-order valence-corrected chi connectivity index (χ2v) is 8.55. The molecule has 0 saturated heterocycles. The maximum absolute atomic E-state index is 12.9. The van der Waals surface area contributed by atoms with E-state index < -0.39 is 28.5 Å². The van der Waals surface area contributed by atoms with E-state index in [2.05, 4.69) is 4.72 Å². The number of amides is 1. The van der Waals surface area contributed by atoms with Gasteiger partial charge in [-0.25, -0.2) is 13.2 Å². The number of sulfonamides is 1. The van der Waals surface area contributed by atoms with E-state index in [-0.39, 0.29) is 11.3 Å². The summed E-state index contributed by atoms with van der Waals surface area (Å²) in [5.74, 6) is -1.20. The minimum Gasteiger partial charge on any atom is -0.452 e. The number of nitrogens with zero attached hydrogens (tertiary/aromatic N) is 1. The fourth-order valence-electron chi connectivity index (χ4n) is 2.93. The van der Waals surface area contributed by atoms with Crippen molar-refractivity contribution < 1.29 is 22.7 Å². The summed E-state index contributed by atoms with van der Waals surface area (Å²) in [6.07, 6.45) is 0.986. The summed E-state index contributed by atoms with van der Waals surface area (Å²) in [5.41, 5.74) is 1.71. The maximum atomic E-state index is 12.9. The quantitative estimate of drug-likeness (QED) is 0.544. The van der Waals surface area contributed by atoms with Gasteiger partial charge in [-0.2, -0.15) is 0 Å². The summed E-state index contributed by atoms with van der Waals surface area (Å²) in [4.78, 5) is 27.0. The largest absolute Gasteiger partial charge is 0.452 e. The maximum Gasteiger partial charge on any atom is 0.340 e. The van der Waals surface area contributed by atoms with Crippen molar-refractivity contribution >= 4 is 33.3 Å². The smallest absolute Gasteiger partial charge is 0.340 e. The lowest BCUT2D eigenvalue weighted by Gasteiger charge is -2.23. The van der Waals surface area contributed by atoms with Gasteiger partial charge in [-0.1, -0.05) is 60.7 Å². The van der Waals surface area contributed by atoms with Crippen LogP contribution in [0, 0.1) is 0 Å². The highest BCUT2D eigenvalue weighted by Gasteiger charge is 2.20. The molecule has 8 heteroatoms. The average Bonchev–Trinajstić information content (AvgIpc) is 2.76. The van der Waals surface area contributed by atoms with Crippen molar-refractivity contribution in [2.75, 3.05) is 22.5 Å².